The van der Waals surface area contributed by atoms with Crippen LogP contribution in [0.1, 0.15) is 38.8 Å². The molecule has 3 N–H and O–H groups in total. The smallest absolute Gasteiger partial charge is 0.315 e. The molecule has 1 atom stereocenters. The van der Waals surface area contributed by atoms with Gasteiger partial charge in [0.2, 0.25) is 0 Å². The van der Waals surface area contributed by atoms with Crippen molar-refractivity contribution in [3.05, 3.63) is 48.5 Å². The second kappa shape index (κ2) is 7.97. The van der Waals surface area contributed by atoms with Crippen molar-refractivity contribution in [2.75, 3.05) is 13.2 Å². The summed E-state index contributed by atoms with van der Waals surface area (Å²) in [6, 6.07) is 7.69. The van der Waals surface area contributed by atoms with E-state index in [1.54, 1.807) is 12.5 Å². The molecule has 1 unspecified atom stereocenters. The van der Waals surface area contributed by atoms with E-state index < -0.39 is 0 Å². The molecule has 0 saturated carbocycles. The van der Waals surface area contributed by atoms with E-state index in [-0.39, 0.29) is 24.1 Å². The van der Waals surface area contributed by atoms with Gasteiger partial charge in [0.1, 0.15) is 0 Å². The number of carbonyl (C=O) groups excluding carboxylic acids is 1. The number of hydrogen-bond donors (Lipinski definition) is 3. The molecular formula is C18H26N4O2. The SMILES string of the molecule is CC(NC(=O)NCC(C)(C)CCO)c1ccc(-n2ccnc2)cc1. The van der Waals surface area contributed by atoms with Gasteiger partial charge in [0.15, 0.2) is 0 Å². The Morgan fingerprint density at radius 3 is 2.62 bits per heavy atom. The van der Waals surface area contributed by atoms with Crippen LogP contribution in [0.4, 0.5) is 4.79 Å². The number of aliphatic hydroxyl groups excluding tert-OH is 1. The summed E-state index contributed by atoms with van der Waals surface area (Å²) in [5, 5.41) is 14.8. The number of amides is 2. The van der Waals surface area contributed by atoms with E-state index >= 15 is 0 Å². The minimum absolute atomic E-state index is 0.0946. The van der Waals surface area contributed by atoms with E-state index in [0.29, 0.717) is 13.0 Å². The van der Waals surface area contributed by atoms with Gasteiger partial charge in [0.05, 0.1) is 12.4 Å². The Kier molecular flexibility index (Phi) is 5.98. The standard InChI is InChI=1S/C18H26N4O2/c1-14(21-17(24)20-12-18(2,3)8-11-23)15-4-6-16(7-5-15)22-10-9-19-13-22/h4-7,9-10,13-14,23H,8,11-12H2,1-3H3,(H2,20,21,24). The quantitative estimate of drug-likeness (QED) is 0.730. The van der Waals surface area contributed by atoms with Crippen LogP contribution >= 0.6 is 0 Å². The third-order valence-electron chi connectivity index (χ3n) is 4.06. The summed E-state index contributed by atoms with van der Waals surface area (Å²) in [6.07, 6.45) is 6.02. The highest BCUT2D eigenvalue weighted by atomic mass is 16.3. The van der Waals surface area contributed by atoms with Gasteiger partial charge in [-0.3, -0.25) is 0 Å². The predicted molar refractivity (Wildman–Crippen MR) is 94.0 cm³/mol. The van der Waals surface area contributed by atoms with Crippen molar-refractivity contribution >= 4 is 6.03 Å². The first-order valence-electron chi connectivity index (χ1n) is 8.15. The third-order valence-corrected chi connectivity index (χ3v) is 4.06. The number of hydrogen-bond acceptors (Lipinski definition) is 3. The molecule has 0 bridgehead atoms. The van der Waals surface area contributed by atoms with E-state index in [1.807, 2.05) is 55.8 Å². The molecule has 0 radical (unpaired) electrons. The molecule has 1 aromatic carbocycles. The van der Waals surface area contributed by atoms with Crippen molar-refractivity contribution in [3.8, 4) is 5.69 Å². The van der Waals surface area contributed by atoms with E-state index in [4.69, 9.17) is 5.11 Å². The molecule has 2 amide bonds. The fourth-order valence-corrected chi connectivity index (χ4v) is 2.39. The van der Waals surface area contributed by atoms with Crippen molar-refractivity contribution < 1.29 is 9.90 Å². The van der Waals surface area contributed by atoms with Gasteiger partial charge in [-0.25, -0.2) is 9.78 Å². The summed E-state index contributed by atoms with van der Waals surface area (Å²) in [7, 11) is 0. The predicted octanol–water partition coefficient (Wildman–Crippen LogP) is 2.64. The number of aliphatic hydroxyl groups is 1. The number of nitrogens with zero attached hydrogens (tertiary/aromatic N) is 2. The average molecular weight is 330 g/mol. The molecule has 1 heterocycles. The van der Waals surface area contributed by atoms with Gasteiger partial charge >= 0.3 is 6.03 Å². The third kappa shape index (κ3) is 5.09. The molecule has 0 fully saturated rings. The van der Waals surface area contributed by atoms with Gasteiger partial charge in [0, 0.05) is 31.2 Å². The highest BCUT2D eigenvalue weighted by Crippen LogP contribution is 2.18. The maximum absolute atomic E-state index is 12.0. The van der Waals surface area contributed by atoms with Crippen molar-refractivity contribution in [1.82, 2.24) is 20.2 Å². The first kappa shape index (κ1) is 18.0. The van der Waals surface area contributed by atoms with Crippen LogP contribution in [0.25, 0.3) is 5.69 Å². The monoisotopic (exact) mass is 330 g/mol. The van der Waals surface area contributed by atoms with Crippen LogP contribution in [0.2, 0.25) is 0 Å². The highest BCUT2D eigenvalue weighted by Gasteiger charge is 2.18. The lowest BCUT2D eigenvalue weighted by Gasteiger charge is -2.24. The Balaban J connectivity index is 1.87. The minimum atomic E-state index is -0.202. The van der Waals surface area contributed by atoms with Crippen molar-refractivity contribution in [2.45, 2.75) is 33.2 Å². The van der Waals surface area contributed by atoms with Crippen LogP contribution in [0.3, 0.4) is 0 Å². The summed E-state index contributed by atoms with van der Waals surface area (Å²) in [4.78, 5) is 16.1. The van der Waals surface area contributed by atoms with E-state index in [9.17, 15) is 4.79 Å². The largest absolute Gasteiger partial charge is 0.396 e. The molecule has 6 nitrogen and oxygen atoms in total. The molecule has 0 aliphatic rings. The zero-order chi connectivity index (χ0) is 17.6. The van der Waals surface area contributed by atoms with Crippen molar-refractivity contribution in [3.63, 3.8) is 0 Å². The summed E-state index contributed by atoms with van der Waals surface area (Å²) >= 11 is 0. The number of urea groups is 1. The van der Waals surface area contributed by atoms with Crippen molar-refractivity contribution in [2.24, 2.45) is 5.41 Å². The first-order chi connectivity index (χ1) is 11.4. The summed E-state index contributed by atoms with van der Waals surface area (Å²) in [5.41, 5.74) is 1.93. The molecule has 24 heavy (non-hydrogen) atoms. The Labute approximate surface area is 142 Å². The maximum Gasteiger partial charge on any atom is 0.315 e. The second-order valence-corrected chi connectivity index (χ2v) is 6.75. The Bertz CT molecular complexity index is 636. The zero-order valence-corrected chi connectivity index (χ0v) is 14.5. The molecule has 0 spiro atoms. The first-order valence-corrected chi connectivity index (χ1v) is 8.15. The number of carbonyl (C=O) groups is 1. The highest BCUT2D eigenvalue weighted by molar-refractivity contribution is 5.74. The zero-order valence-electron chi connectivity index (χ0n) is 14.5. The number of benzene rings is 1. The lowest BCUT2D eigenvalue weighted by atomic mass is 9.90. The van der Waals surface area contributed by atoms with Crippen molar-refractivity contribution in [1.29, 1.82) is 0 Å². The van der Waals surface area contributed by atoms with E-state index in [2.05, 4.69) is 15.6 Å². The summed E-state index contributed by atoms with van der Waals surface area (Å²) in [5.74, 6) is 0. The lowest BCUT2D eigenvalue weighted by molar-refractivity contribution is 0.200. The molecule has 1 aromatic heterocycles. The van der Waals surface area contributed by atoms with Gasteiger partial charge in [-0.05, 0) is 36.5 Å². The molecule has 6 heteroatoms. The van der Waals surface area contributed by atoms with Crippen LogP contribution < -0.4 is 10.6 Å². The number of nitrogens with one attached hydrogen (secondary N) is 2. The van der Waals surface area contributed by atoms with Gasteiger partial charge in [-0.15, -0.1) is 0 Å². The summed E-state index contributed by atoms with van der Waals surface area (Å²) < 4.78 is 1.93. The molecule has 2 rings (SSSR count). The van der Waals surface area contributed by atoms with E-state index in [0.717, 1.165) is 11.3 Å². The average Bonchev–Trinajstić information content (AvgIpc) is 3.07. The van der Waals surface area contributed by atoms with Crippen LogP contribution in [-0.4, -0.2) is 33.8 Å². The maximum atomic E-state index is 12.0. The Hall–Kier alpha value is -2.34. The fraction of sp³-hybridized carbons (Fsp3) is 0.444. The van der Waals surface area contributed by atoms with E-state index in [1.165, 1.54) is 0 Å². The topological polar surface area (TPSA) is 79.2 Å². The molecule has 0 saturated heterocycles. The van der Waals surface area contributed by atoms with Gasteiger partial charge in [-0.1, -0.05) is 26.0 Å². The normalized spacial score (nSPS) is 12.7. The van der Waals surface area contributed by atoms with Crippen LogP contribution in [-0.2, 0) is 0 Å². The van der Waals surface area contributed by atoms with Crippen LogP contribution in [0.5, 0.6) is 0 Å². The minimum Gasteiger partial charge on any atom is -0.396 e. The second-order valence-electron chi connectivity index (χ2n) is 6.75. The van der Waals surface area contributed by atoms with Gasteiger partial charge in [0.25, 0.3) is 0 Å². The molecular weight excluding hydrogens is 304 g/mol. The Morgan fingerprint density at radius 1 is 1.33 bits per heavy atom. The molecule has 130 valence electrons. The fourth-order valence-electron chi connectivity index (χ4n) is 2.39. The van der Waals surface area contributed by atoms with Crippen LogP contribution in [0.15, 0.2) is 43.0 Å². The molecule has 0 aliphatic heterocycles. The lowest BCUT2D eigenvalue weighted by Crippen LogP contribution is -2.41. The summed E-state index contributed by atoms with van der Waals surface area (Å²) in [6.45, 7) is 6.62. The number of rotatable bonds is 7. The Morgan fingerprint density at radius 2 is 2.04 bits per heavy atom. The van der Waals surface area contributed by atoms with Gasteiger partial charge in [-0.2, -0.15) is 0 Å². The number of aromatic nitrogens is 2. The van der Waals surface area contributed by atoms with Gasteiger partial charge < -0.3 is 20.3 Å². The molecule has 0 aliphatic carbocycles. The number of imidazole rings is 1. The van der Waals surface area contributed by atoms with Crippen LogP contribution in [0, 0.1) is 5.41 Å². The molecule has 2 aromatic rings.